The van der Waals surface area contributed by atoms with E-state index in [9.17, 15) is 9.90 Å². The maximum absolute atomic E-state index is 12.2. The summed E-state index contributed by atoms with van der Waals surface area (Å²) in [7, 11) is 0. The average Bonchev–Trinajstić information content (AvgIpc) is 2.65. The molecular formula is C19H19Cl2NO4. The lowest BCUT2D eigenvalue weighted by atomic mass is 10.1. The van der Waals surface area contributed by atoms with Crippen LogP contribution in [0.4, 0.5) is 4.79 Å². The normalized spacial score (nSPS) is 19.9. The first-order valence-corrected chi connectivity index (χ1v) is 9.04. The number of hydrogen-bond donors (Lipinski definition) is 1. The number of piperidine rings is 1. The van der Waals surface area contributed by atoms with Gasteiger partial charge in [-0.1, -0.05) is 53.5 Å². The van der Waals surface area contributed by atoms with Crippen molar-refractivity contribution in [1.82, 2.24) is 4.90 Å². The van der Waals surface area contributed by atoms with Crippen LogP contribution in [0.5, 0.6) is 5.75 Å². The lowest BCUT2D eigenvalue weighted by molar-refractivity contribution is -0.0252. The maximum atomic E-state index is 12.2. The van der Waals surface area contributed by atoms with Gasteiger partial charge in [0.05, 0.1) is 16.6 Å². The van der Waals surface area contributed by atoms with E-state index >= 15 is 0 Å². The van der Waals surface area contributed by atoms with Gasteiger partial charge in [0.1, 0.15) is 24.6 Å². The van der Waals surface area contributed by atoms with Crippen LogP contribution in [-0.4, -0.2) is 41.4 Å². The molecule has 0 aliphatic carbocycles. The second-order valence-corrected chi connectivity index (χ2v) is 6.89. The van der Waals surface area contributed by atoms with Crippen LogP contribution in [0.1, 0.15) is 12.0 Å². The molecule has 0 saturated carbocycles. The predicted molar refractivity (Wildman–Crippen MR) is 99.7 cm³/mol. The Hall–Kier alpha value is -1.95. The van der Waals surface area contributed by atoms with E-state index in [-0.39, 0.29) is 13.2 Å². The minimum atomic E-state index is -0.817. The molecule has 2 atom stereocenters. The molecule has 1 amide bonds. The molecule has 1 heterocycles. The Balaban J connectivity index is 1.51. The lowest BCUT2D eigenvalue weighted by Crippen LogP contribution is -2.51. The van der Waals surface area contributed by atoms with Gasteiger partial charge in [0.2, 0.25) is 0 Å². The summed E-state index contributed by atoms with van der Waals surface area (Å²) in [5.74, 6) is 0.531. The highest BCUT2D eigenvalue weighted by atomic mass is 35.5. The monoisotopic (exact) mass is 395 g/mol. The molecule has 0 unspecified atom stereocenters. The van der Waals surface area contributed by atoms with Crippen LogP contribution in [0, 0.1) is 0 Å². The SMILES string of the molecule is O=C(OCc1ccccc1)N1CC[C@@H](Oc2ccc(Cl)c(Cl)c2)[C@H](O)C1. The van der Waals surface area contributed by atoms with Gasteiger partial charge >= 0.3 is 6.09 Å². The second-order valence-electron chi connectivity index (χ2n) is 6.07. The molecule has 7 heteroatoms. The summed E-state index contributed by atoms with van der Waals surface area (Å²) >= 11 is 11.9. The van der Waals surface area contributed by atoms with Crippen molar-refractivity contribution >= 4 is 29.3 Å². The number of carbonyl (C=O) groups excluding carboxylic acids is 1. The van der Waals surface area contributed by atoms with Crippen molar-refractivity contribution in [3.8, 4) is 5.75 Å². The van der Waals surface area contributed by atoms with Crippen molar-refractivity contribution in [3.63, 3.8) is 0 Å². The minimum Gasteiger partial charge on any atom is -0.488 e. The molecule has 3 rings (SSSR count). The lowest BCUT2D eigenvalue weighted by Gasteiger charge is -2.35. The van der Waals surface area contributed by atoms with E-state index in [4.69, 9.17) is 32.7 Å². The molecule has 5 nitrogen and oxygen atoms in total. The Morgan fingerprint density at radius 3 is 2.62 bits per heavy atom. The number of aliphatic hydroxyl groups is 1. The quantitative estimate of drug-likeness (QED) is 0.844. The third kappa shape index (κ3) is 4.81. The summed E-state index contributed by atoms with van der Waals surface area (Å²) < 4.78 is 11.1. The number of halogens is 2. The summed E-state index contributed by atoms with van der Waals surface area (Å²) in [6, 6.07) is 14.4. The van der Waals surface area contributed by atoms with Crippen molar-refractivity contribution in [3.05, 3.63) is 64.1 Å². The molecule has 2 aromatic rings. The Morgan fingerprint density at radius 1 is 1.15 bits per heavy atom. The number of rotatable bonds is 4. The summed E-state index contributed by atoms with van der Waals surface area (Å²) in [6.45, 7) is 0.797. The topological polar surface area (TPSA) is 59.0 Å². The number of nitrogens with zero attached hydrogens (tertiary/aromatic N) is 1. The van der Waals surface area contributed by atoms with Crippen molar-refractivity contribution in [1.29, 1.82) is 0 Å². The number of benzene rings is 2. The van der Waals surface area contributed by atoms with Gasteiger partial charge in [-0.25, -0.2) is 4.79 Å². The smallest absolute Gasteiger partial charge is 0.410 e. The summed E-state index contributed by atoms with van der Waals surface area (Å²) in [6.07, 6.45) is -1.20. The highest BCUT2D eigenvalue weighted by Gasteiger charge is 2.32. The minimum absolute atomic E-state index is 0.152. The Labute approximate surface area is 162 Å². The first-order valence-electron chi connectivity index (χ1n) is 8.28. The molecule has 0 spiro atoms. The molecule has 1 aliphatic rings. The molecule has 1 fully saturated rings. The van der Waals surface area contributed by atoms with Gasteiger partial charge in [-0.3, -0.25) is 0 Å². The van der Waals surface area contributed by atoms with Crippen LogP contribution >= 0.6 is 23.2 Å². The standard InChI is InChI=1S/C19H19Cl2NO4/c20-15-7-6-14(10-16(15)21)26-18-8-9-22(11-17(18)23)19(24)25-12-13-4-2-1-3-5-13/h1-7,10,17-18,23H,8-9,11-12H2/t17-,18-/m1/s1. The van der Waals surface area contributed by atoms with Crippen LogP contribution in [0.2, 0.25) is 10.0 Å². The van der Waals surface area contributed by atoms with E-state index in [0.29, 0.717) is 28.8 Å². The predicted octanol–water partition coefficient (Wildman–Crippen LogP) is 4.14. The summed E-state index contributed by atoms with van der Waals surface area (Å²) in [4.78, 5) is 13.7. The van der Waals surface area contributed by atoms with Crippen molar-refractivity contribution in [2.24, 2.45) is 0 Å². The van der Waals surface area contributed by atoms with Gasteiger partial charge in [0, 0.05) is 19.0 Å². The van der Waals surface area contributed by atoms with E-state index in [1.165, 1.54) is 4.90 Å². The number of ether oxygens (including phenoxy) is 2. The number of carbonyl (C=O) groups is 1. The number of β-amino-alcohol motifs (C(OH)–C–C–N with tert-alkyl or cyclic N) is 1. The molecule has 138 valence electrons. The van der Waals surface area contributed by atoms with Crippen LogP contribution in [0.15, 0.2) is 48.5 Å². The maximum Gasteiger partial charge on any atom is 0.410 e. The zero-order valence-corrected chi connectivity index (χ0v) is 15.5. The van der Waals surface area contributed by atoms with Gasteiger partial charge < -0.3 is 19.5 Å². The average molecular weight is 396 g/mol. The van der Waals surface area contributed by atoms with Crippen LogP contribution in [0.3, 0.4) is 0 Å². The van der Waals surface area contributed by atoms with Crippen molar-refractivity contribution < 1.29 is 19.4 Å². The van der Waals surface area contributed by atoms with Gasteiger partial charge in [-0.15, -0.1) is 0 Å². The van der Waals surface area contributed by atoms with Crippen molar-refractivity contribution in [2.45, 2.75) is 25.2 Å². The Morgan fingerprint density at radius 2 is 1.92 bits per heavy atom. The van der Waals surface area contributed by atoms with Gasteiger partial charge in [0.25, 0.3) is 0 Å². The number of hydrogen-bond acceptors (Lipinski definition) is 4. The van der Waals surface area contributed by atoms with Gasteiger partial charge in [0.15, 0.2) is 0 Å². The Bertz CT molecular complexity index is 756. The third-order valence-electron chi connectivity index (χ3n) is 4.16. The van der Waals surface area contributed by atoms with Gasteiger partial charge in [-0.05, 0) is 17.7 Å². The zero-order valence-electron chi connectivity index (χ0n) is 14.0. The fourth-order valence-corrected chi connectivity index (χ4v) is 3.04. The van der Waals surface area contributed by atoms with E-state index in [0.717, 1.165) is 5.56 Å². The highest BCUT2D eigenvalue weighted by molar-refractivity contribution is 6.42. The first-order chi connectivity index (χ1) is 12.5. The Kier molecular flexibility index (Phi) is 6.25. The van der Waals surface area contributed by atoms with Crippen LogP contribution < -0.4 is 4.74 Å². The number of likely N-dealkylation sites (tertiary alicyclic amines) is 1. The second kappa shape index (κ2) is 8.62. The number of amides is 1. The van der Waals surface area contributed by atoms with E-state index in [1.807, 2.05) is 30.3 Å². The largest absolute Gasteiger partial charge is 0.488 e. The van der Waals surface area contributed by atoms with Crippen molar-refractivity contribution in [2.75, 3.05) is 13.1 Å². The first kappa shape index (κ1) is 18.8. The molecule has 0 aromatic heterocycles. The zero-order chi connectivity index (χ0) is 18.5. The molecule has 0 radical (unpaired) electrons. The molecule has 2 aromatic carbocycles. The molecule has 1 saturated heterocycles. The molecule has 26 heavy (non-hydrogen) atoms. The highest BCUT2D eigenvalue weighted by Crippen LogP contribution is 2.28. The third-order valence-corrected chi connectivity index (χ3v) is 4.90. The van der Waals surface area contributed by atoms with E-state index < -0.39 is 18.3 Å². The molecule has 0 bridgehead atoms. The molecule has 1 aliphatic heterocycles. The summed E-state index contributed by atoms with van der Waals surface area (Å²) in [5.41, 5.74) is 0.916. The van der Waals surface area contributed by atoms with Gasteiger partial charge in [-0.2, -0.15) is 0 Å². The van der Waals surface area contributed by atoms with Crippen LogP contribution in [0.25, 0.3) is 0 Å². The molecular weight excluding hydrogens is 377 g/mol. The number of aliphatic hydroxyl groups excluding tert-OH is 1. The van der Waals surface area contributed by atoms with E-state index in [1.54, 1.807) is 18.2 Å². The van der Waals surface area contributed by atoms with Crippen LogP contribution in [-0.2, 0) is 11.3 Å². The van der Waals surface area contributed by atoms with E-state index in [2.05, 4.69) is 0 Å². The molecule has 1 N–H and O–H groups in total. The fraction of sp³-hybridized carbons (Fsp3) is 0.316. The summed E-state index contributed by atoms with van der Waals surface area (Å²) in [5, 5.41) is 11.2. The fourth-order valence-electron chi connectivity index (χ4n) is 2.75.